The van der Waals surface area contributed by atoms with Crippen molar-refractivity contribution in [3.05, 3.63) is 108 Å². The molecule has 5 unspecified atom stereocenters. The second-order valence-corrected chi connectivity index (χ2v) is 8.89. The van der Waals surface area contributed by atoms with Gasteiger partial charge in [-0.05, 0) is 23.1 Å². The van der Waals surface area contributed by atoms with Crippen LogP contribution >= 0.6 is 0 Å². The highest BCUT2D eigenvalue weighted by Crippen LogP contribution is 2.30. The van der Waals surface area contributed by atoms with E-state index in [9.17, 15) is 9.90 Å². The van der Waals surface area contributed by atoms with Gasteiger partial charge in [0.05, 0.1) is 32.0 Å². The van der Waals surface area contributed by atoms with Crippen molar-refractivity contribution in [2.75, 3.05) is 0 Å². The van der Waals surface area contributed by atoms with Crippen LogP contribution in [0, 0.1) is 0 Å². The van der Waals surface area contributed by atoms with E-state index in [1.165, 1.54) is 6.92 Å². The zero-order valence-corrected chi connectivity index (χ0v) is 20.0. The number of aliphatic hydroxyl groups excluding tert-OH is 1. The topological polar surface area (TPSA) is 77.0 Å². The number of ether oxygens (including phenoxy) is 3. The van der Waals surface area contributed by atoms with Crippen molar-refractivity contribution in [1.29, 1.82) is 0 Å². The standard InChI is InChI=1S/C29H33NO5/c1-21(31)30-25-17-26(32)28(34-19-23-13-7-3-8-14-23)29(35-20-24-15-9-4-10-16-24)27(25)33-18-22-11-5-2-6-12-22/h2-16,25-29,32H,17-20H2,1H3,(H,30,31). The smallest absolute Gasteiger partial charge is 0.217 e. The zero-order chi connectivity index (χ0) is 24.5. The number of carbonyl (C=O) groups is 1. The highest BCUT2D eigenvalue weighted by molar-refractivity contribution is 5.73. The summed E-state index contributed by atoms with van der Waals surface area (Å²) in [7, 11) is 0. The van der Waals surface area contributed by atoms with Crippen LogP contribution in [0.15, 0.2) is 91.0 Å². The molecule has 1 amide bonds. The summed E-state index contributed by atoms with van der Waals surface area (Å²) >= 11 is 0. The maximum Gasteiger partial charge on any atom is 0.217 e. The molecule has 4 rings (SSSR count). The Hall–Kier alpha value is -3.03. The van der Waals surface area contributed by atoms with Crippen LogP contribution < -0.4 is 5.32 Å². The summed E-state index contributed by atoms with van der Waals surface area (Å²) in [6, 6.07) is 29.2. The summed E-state index contributed by atoms with van der Waals surface area (Å²) in [5.74, 6) is -0.180. The van der Waals surface area contributed by atoms with Gasteiger partial charge in [-0.25, -0.2) is 0 Å². The zero-order valence-electron chi connectivity index (χ0n) is 20.0. The van der Waals surface area contributed by atoms with Crippen molar-refractivity contribution in [3.63, 3.8) is 0 Å². The van der Waals surface area contributed by atoms with Crippen molar-refractivity contribution in [2.45, 2.75) is 63.6 Å². The number of rotatable bonds is 10. The second kappa shape index (κ2) is 12.6. The molecule has 0 heterocycles. The third-order valence-electron chi connectivity index (χ3n) is 6.16. The van der Waals surface area contributed by atoms with Gasteiger partial charge in [-0.15, -0.1) is 0 Å². The second-order valence-electron chi connectivity index (χ2n) is 8.89. The van der Waals surface area contributed by atoms with Crippen LogP contribution in [0.4, 0.5) is 0 Å². The Bertz CT molecular complexity index is 1030. The first kappa shape index (κ1) is 25.1. The molecular weight excluding hydrogens is 442 g/mol. The van der Waals surface area contributed by atoms with E-state index in [0.717, 1.165) is 16.7 Å². The van der Waals surface area contributed by atoms with Crippen LogP contribution in [0.2, 0.25) is 0 Å². The van der Waals surface area contributed by atoms with Crippen molar-refractivity contribution in [3.8, 4) is 0 Å². The molecular formula is C29H33NO5. The lowest BCUT2D eigenvalue weighted by atomic mass is 9.84. The monoisotopic (exact) mass is 475 g/mol. The van der Waals surface area contributed by atoms with E-state index >= 15 is 0 Å². The lowest BCUT2D eigenvalue weighted by molar-refractivity contribution is -0.210. The molecule has 2 N–H and O–H groups in total. The summed E-state index contributed by atoms with van der Waals surface area (Å²) in [5.41, 5.74) is 3.03. The maximum absolute atomic E-state index is 12.0. The van der Waals surface area contributed by atoms with Gasteiger partial charge in [-0.1, -0.05) is 91.0 Å². The molecule has 184 valence electrons. The normalized spacial score (nSPS) is 24.1. The molecule has 0 aliphatic heterocycles. The fourth-order valence-corrected chi connectivity index (χ4v) is 4.47. The molecule has 0 saturated heterocycles. The quantitative estimate of drug-likeness (QED) is 0.463. The number of hydrogen-bond acceptors (Lipinski definition) is 5. The highest BCUT2D eigenvalue weighted by atomic mass is 16.6. The lowest BCUT2D eigenvalue weighted by Crippen LogP contribution is -2.62. The SMILES string of the molecule is CC(=O)NC1CC(O)C(OCc2ccccc2)C(OCc2ccccc2)C1OCc1ccccc1. The van der Waals surface area contributed by atoms with E-state index in [1.54, 1.807) is 0 Å². The van der Waals surface area contributed by atoms with Gasteiger partial charge in [0.2, 0.25) is 5.91 Å². The van der Waals surface area contributed by atoms with Gasteiger partial charge < -0.3 is 24.6 Å². The van der Waals surface area contributed by atoms with Crippen LogP contribution in [0.5, 0.6) is 0 Å². The molecule has 1 aliphatic rings. The van der Waals surface area contributed by atoms with Gasteiger partial charge in [-0.3, -0.25) is 4.79 Å². The maximum atomic E-state index is 12.0. The van der Waals surface area contributed by atoms with Gasteiger partial charge in [0.25, 0.3) is 0 Å². The fraction of sp³-hybridized carbons (Fsp3) is 0.345. The van der Waals surface area contributed by atoms with E-state index in [0.29, 0.717) is 26.2 Å². The van der Waals surface area contributed by atoms with Gasteiger partial charge in [-0.2, -0.15) is 0 Å². The third kappa shape index (κ3) is 7.23. The molecule has 0 aromatic heterocycles. The largest absolute Gasteiger partial charge is 0.390 e. The summed E-state index contributed by atoms with van der Waals surface area (Å²) in [6.07, 6.45) is -2.24. The average Bonchev–Trinajstić information content (AvgIpc) is 2.88. The van der Waals surface area contributed by atoms with Crippen LogP contribution in [-0.4, -0.2) is 41.5 Å². The number of amides is 1. The molecule has 1 saturated carbocycles. The van der Waals surface area contributed by atoms with Gasteiger partial charge in [0, 0.05) is 6.92 Å². The summed E-state index contributed by atoms with van der Waals surface area (Å²) < 4.78 is 19.0. The molecule has 0 spiro atoms. The molecule has 6 heteroatoms. The first-order chi connectivity index (χ1) is 17.1. The lowest BCUT2D eigenvalue weighted by Gasteiger charge is -2.44. The summed E-state index contributed by atoms with van der Waals surface area (Å²) in [5, 5.41) is 14.1. The first-order valence-electron chi connectivity index (χ1n) is 12.0. The Morgan fingerprint density at radius 2 is 1.11 bits per heavy atom. The molecule has 0 radical (unpaired) electrons. The average molecular weight is 476 g/mol. The minimum absolute atomic E-state index is 0.180. The molecule has 35 heavy (non-hydrogen) atoms. The van der Waals surface area contributed by atoms with Crippen LogP contribution in [0.25, 0.3) is 0 Å². The Morgan fingerprint density at radius 3 is 1.54 bits per heavy atom. The number of carbonyl (C=O) groups excluding carboxylic acids is 1. The molecule has 6 nitrogen and oxygen atoms in total. The Balaban J connectivity index is 1.57. The van der Waals surface area contributed by atoms with Crippen LogP contribution in [0.1, 0.15) is 30.0 Å². The van der Waals surface area contributed by atoms with Gasteiger partial charge in [0.15, 0.2) is 0 Å². The highest BCUT2D eigenvalue weighted by Gasteiger charge is 2.47. The molecule has 3 aromatic carbocycles. The molecule has 0 bridgehead atoms. The van der Waals surface area contributed by atoms with Crippen molar-refractivity contribution < 1.29 is 24.1 Å². The number of nitrogens with one attached hydrogen (secondary N) is 1. The van der Waals surface area contributed by atoms with Crippen molar-refractivity contribution in [1.82, 2.24) is 5.32 Å². The number of benzene rings is 3. The van der Waals surface area contributed by atoms with E-state index < -0.39 is 30.5 Å². The minimum Gasteiger partial charge on any atom is -0.390 e. The molecule has 1 aliphatic carbocycles. The van der Waals surface area contributed by atoms with E-state index in [4.69, 9.17) is 14.2 Å². The molecule has 5 atom stereocenters. The number of aliphatic hydroxyl groups is 1. The summed E-state index contributed by atoms with van der Waals surface area (Å²) in [6.45, 7) is 2.50. The van der Waals surface area contributed by atoms with Crippen LogP contribution in [0.3, 0.4) is 0 Å². The van der Waals surface area contributed by atoms with E-state index in [-0.39, 0.29) is 5.91 Å². The minimum atomic E-state index is -0.826. The Kier molecular flexibility index (Phi) is 9.03. The first-order valence-corrected chi connectivity index (χ1v) is 12.0. The predicted molar refractivity (Wildman–Crippen MR) is 133 cm³/mol. The fourth-order valence-electron chi connectivity index (χ4n) is 4.47. The Labute approximate surface area is 206 Å². The van der Waals surface area contributed by atoms with E-state index in [2.05, 4.69) is 5.32 Å². The molecule has 3 aromatic rings. The van der Waals surface area contributed by atoms with Crippen LogP contribution in [-0.2, 0) is 38.8 Å². The van der Waals surface area contributed by atoms with Crippen molar-refractivity contribution in [2.24, 2.45) is 0 Å². The van der Waals surface area contributed by atoms with Gasteiger partial charge in [0.1, 0.15) is 18.3 Å². The molecule has 1 fully saturated rings. The van der Waals surface area contributed by atoms with E-state index in [1.807, 2.05) is 91.0 Å². The third-order valence-corrected chi connectivity index (χ3v) is 6.16. The number of hydrogen-bond donors (Lipinski definition) is 2. The Morgan fingerprint density at radius 1 is 0.714 bits per heavy atom. The predicted octanol–water partition coefficient (Wildman–Crippen LogP) is 4.01. The summed E-state index contributed by atoms with van der Waals surface area (Å²) in [4.78, 5) is 12.0. The van der Waals surface area contributed by atoms with Gasteiger partial charge >= 0.3 is 0 Å². The van der Waals surface area contributed by atoms with Crippen molar-refractivity contribution >= 4 is 5.91 Å².